The van der Waals surface area contributed by atoms with Crippen LogP contribution in [0.25, 0.3) is 0 Å². The largest absolute Gasteiger partial charge is 0.479 e. The summed E-state index contributed by atoms with van der Waals surface area (Å²) in [6.07, 6.45) is -1.40. The smallest absolute Gasteiger partial charge is 0.334 e. The lowest BCUT2D eigenvalue weighted by Crippen LogP contribution is -2.23. The SMILES string of the molecule is CC(OS(=O)(=O)c1ccc(C(C)C)cc1)C(=O)O. The molecule has 1 aromatic carbocycles. The van der Waals surface area contributed by atoms with E-state index in [2.05, 4.69) is 4.18 Å². The van der Waals surface area contributed by atoms with Crippen molar-refractivity contribution in [3.05, 3.63) is 29.8 Å². The summed E-state index contributed by atoms with van der Waals surface area (Å²) in [7, 11) is -4.03. The van der Waals surface area contributed by atoms with Crippen LogP contribution < -0.4 is 0 Å². The van der Waals surface area contributed by atoms with E-state index in [0.29, 0.717) is 5.92 Å². The average molecular weight is 272 g/mol. The van der Waals surface area contributed by atoms with Crippen LogP contribution in [0, 0.1) is 0 Å². The maximum Gasteiger partial charge on any atom is 0.334 e. The first-order valence-corrected chi connectivity index (χ1v) is 6.91. The van der Waals surface area contributed by atoms with Crippen LogP contribution >= 0.6 is 0 Å². The Kier molecular flexibility index (Phi) is 4.48. The molecule has 1 aromatic rings. The molecule has 0 radical (unpaired) electrons. The van der Waals surface area contributed by atoms with Crippen LogP contribution in [0.15, 0.2) is 29.2 Å². The number of benzene rings is 1. The topological polar surface area (TPSA) is 80.7 Å². The summed E-state index contributed by atoms with van der Waals surface area (Å²) < 4.78 is 28.0. The van der Waals surface area contributed by atoms with Crippen LogP contribution in [0.4, 0.5) is 0 Å². The van der Waals surface area contributed by atoms with Gasteiger partial charge in [0.15, 0.2) is 6.10 Å². The number of carboxylic acid groups (broad SMARTS) is 1. The number of aliphatic carboxylic acids is 1. The van der Waals surface area contributed by atoms with Gasteiger partial charge in [0.1, 0.15) is 0 Å². The van der Waals surface area contributed by atoms with E-state index in [9.17, 15) is 13.2 Å². The zero-order valence-corrected chi connectivity index (χ0v) is 11.3. The molecule has 1 atom stereocenters. The molecule has 100 valence electrons. The predicted molar refractivity (Wildman–Crippen MR) is 65.9 cm³/mol. The van der Waals surface area contributed by atoms with Crippen LogP contribution in [0.2, 0.25) is 0 Å². The maximum atomic E-state index is 11.7. The molecule has 1 unspecified atom stereocenters. The van der Waals surface area contributed by atoms with Crippen LogP contribution in [-0.4, -0.2) is 25.6 Å². The predicted octanol–water partition coefficient (Wildman–Crippen LogP) is 1.99. The summed E-state index contributed by atoms with van der Waals surface area (Å²) >= 11 is 0. The molecule has 0 amide bonds. The van der Waals surface area contributed by atoms with E-state index < -0.39 is 22.2 Å². The third kappa shape index (κ3) is 3.54. The molecule has 1 N–H and O–H groups in total. The second-order valence-corrected chi connectivity index (χ2v) is 5.83. The lowest BCUT2D eigenvalue weighted by molar-refractivity contribution is -0.144. The maximum absolute atomic E-state index is 11.7. The Morgan fingerprint density at radius 2 is 1.67 bits per heavy atom. The van der Waals surface area contributed by atoms with Crippen molar-refractivity contribution in [3.8, 4) is 0 Å². The summed E-state index contributed by atoms with van der Waals surface area (Å²) in [6.45, 7) is 5.15. The van der Waals surface area contributed by atoms with Crippen molar-refractivity contribution >= 4 is 16.1 Å². The van der Waals surface area contributed by atoms with Gasteiger partial charge < -0.3 is 5.11 Å². The first-order valence-electron chi connectivity index (χ1n) is 5.50. The molecule has 5 nitrogen and oxygen atoms in total. The highest BCUT2D eigenvalue weighted by atomic mass is 32.2. The van der Waals surface area contributed by atoms with Crippen molar-refractivity contribution in [2.45, 2.75) is 37.7 Å². The van der Waals surface area contributed by atoms with Crippen molar-refractivity contribution in [2.24, 2.45) is 0 Å². The molecule has 0 saturated carbocycles. The van der Waals surface area contributed by atoms with Crippen LogP contribution in [-0.2, 0) is 19.1 Å². The number of hydrogen-bond acceptors (Lipinski definition) is 4. The lowest BCUT2D eigenvalue weighted by Gasteiger charge is -2.10. The molecule has 0 fully saturated rings. The third-order valence-corrected chi connectivity index (χ3v) is 3.85. The second kappa shape index (κ2) is 5.49. The minimum Gasteiger partial charge on any atom is -0.479 e. The van der Waals surface area contributed by atoms with Crippen LogP contribution in [0.3, 0.4) is 0 Å². The standard InChI is InChI=1S/C12H16O5S/c1-8(2)10-4-6-11(7-5-10)18(15,16)17-9(3)12(13)14/h4-9H,1-3H3,(H,13,14). The summed E-state index contributed by atoms with van der Waals surface area (Å²) in [5, 5.41) is 8.62. The van der Waals surface area contributed by atoms with E-state index in [1.165, 1.54) is 19.1 Å². The van der Waals surface area contributed by atoms with Crippen LogP contribution in [0.5, 0.6) is 0 Å². The Bertz CT molecular complexity index is 516. The minimum atomic E-state index is -4.03. The zero-order chi connectivity index (χ0) is 13.9. The van der Waals surface area contributed by atoms with Crippen molar-refractivity contribution in [2.75, 3.05) is 0 Å². The van der Waals surface area contributed by atoms with Gasteiger partial charge in [-0.25, -0.2) is 4.79 Å². The number of rotatable bonds is 5. The summed E-state index contributed by atoms with van der Waals surface area (Å²) in [5.41, 5.74) is 1.00. The van der Waals surface area contributed by atoms with Crippen molar-refractivity contribution in [3.63, 3.8) is 0 Å². The monoisotopic (exact) mass is 272 g/mol. The highest BCUT2D eigenvalue weighted by Crippen LogP contribution is 2.19. The third-order valence-electron chi connectivity index (χ3n) is 2.45. The van der Waals surface area contributed by atoms with Gasteiger partial charge in [0.2, 0.25) is 0 Å². The van der Waals surface area contributed by atoms with Crippen LogP contribution in [0.1, 0.15) is 32.3 Å². The van der Waals surface area contributed by atoms with Gasteiger partial charge >= 0.3 is 5.97 Å². The Hall–Kier alpha value is -1.40. The molecule has 18 heavy (non-hydrogen) atoms. The molecule has 0 aliphatic rings. The van der Waals surface area contributed by atoms with E-state index in [1.807, 2.05) is 13.8 Å². The van der Waals surface area contributed by atoms with Gasteiger partial charge in [-0.15, -0.1) is 0 Å². The molecule has 6 heteroatoms. The summed E-state index contributed by atoms with van der Waals surface area (Å²) in [6, 6.07) is 6.21. The molecule has 0 spiro atoms. The molecule has 0 heterocycles. The highest BCUT2D eigenvalue weighted by molar-refractivity contribution is 7.86. The number of carbonyl (C=O) groups is 1. The van der Waals surface area contributed by atoms with E-state index in [-0.39, 0.29) is 4.90 Å². The van der Waals surface area contributed by atoms with Crippen molar-refractivity contribution in [1.82, 2.24) is 0 Å². The summed E-state index contributed by atoms with van der Waals surface area (Å²) in [5.74, 6) is -1.03. The Balaban J connectivity index is 2.95. The normalized spacial score (nSPS) is 13.6. The van der Waals surface area contributed by atoms with E-state index >= 15 is 0 Å². The van der Waals surface area contributed by atoms with Gasteiger partial charge in [-0.05, 0) is 30.5 Å². The molecular weight excluding hydrogens is 256 g/mol. The fourth-order valence-corrected chi connectivity index (χ4v) is 2.35. The highest BCUT2D eigenvalue weighted by Gasteiger charge is 2.23. The van der Waals surface area contributed by atoms with Gasteiger partial charge in [0, 0.05) is 0 Å². The van der Waals surface area contributed by atoms with Gasteiger partial charge in [0.25, 0.3) is 10.1 Å². The number of hydrogen-bond donors (Lipinski definition) is 1. The molecule has 0 saturated heterocycles. The molecule has 0 aliphatic heterocycles. The van der Waals surface area contributed by atoms with Crippen molar-refractivity contribution < 1.29 is 22.5 Å². The van der Waals surface area contributed by atoms with Gasteiger partial charge in [-0.2, -0.15) is 8.42 Å². The molecule has 0 aromatic heterocycles. The van der Waals surface area contributed by atoms with Gasteiger partial charge in [0.05, 0.1) is 4.90 Å². The first kappa shape index (κ1) is 14.7. The Labute approximate surface area is 107 Å². The van der Waals surface area contributed by atoms with E-state index in [4.69, 9.17) is 5.11 Å². The van der Waals surface area contributed by atoms with E-state index in [0.717, 1.165) is 5.56 Å². The lowest BCUT2D eigenvalue weighted by atomic mass is 10.0. The van der Waals surface area contributed by atoms with E-state index in [1.54, 1.807) is 12.1 Å². The summed E-state index contributed by atoms with van der Waals surface area (Å²) in [4.78, 5) is 10.5. The number of carboxylic acids is 1. The fourth-order valence-electron chi connectivity index (χ4n) is 1.31. The quantitative estimate of drug-likeness (QED) is 0.829. The Morgan fingerprint density at radius 1 is 1.17 bits per heavy atom. The van der Waals surface area contributed by atoms with Gasteiger partial charge in [-0.3, -0.25) is 4.18 Å². The first-order chi connectivity index (χ1) is 8.24. The molecular formula is C12H16O5S. The molecule has 0 aliphatic carbocycles. The fraction of sp³-hybridized carbons (Fsp3) is 0.417. The molecule has 0 bridgehead atoms. The zero-order valence-electron chi connectivity index (χ0n) is 10.5. The average Bonchev–Trinajstić information content (AvgIpc) is 2.28. The second-order valence-electron chi connectivity index (χ2n) is 4.25. The molecule has 1 rings (SSSR count). The van der Waals surface area contributed by atoms with Crippen molar-refractivity contribution in [1.29, 1.82) is 0 Å². The van der Waals surface area contributed by atoms with Gasteiger partial charge in [-0.1, -0.05) is 26.0 Å². The Morgan fingerprint density at radius 3 is 2.06 bits per heavy atom. The minimum absolute atomic E-state index is 0.0417.